The van der Waals surface area contributed by atoms with Crippen molar-refractivity contribution in [1.29, 1.82) is 0 Å². The Morgan fingerprint density at radius 1 is 1.62 bits per heavy atom. The molecule has 0 aliphatic heterocycles. The van der Waals surface area contributed by atoms with Crippen LogP contribution in [-0.2, 0) is 11.2 Å². The van der Waals surface area contributed by atoms with E-state index in [4.69, 9.17) is 9.84 Å². The Morgan fingerprint density at radius 2 is 2.25 bits per heavy atom. The summed E-state index contributed by atoms with van der Waals surface area (Å²) in [4.78, 5) is 26.0. The van der Waals surface area contributed by atoms with Gasteiger partial charge in [0.15, 0.2) is 0 Å². The lowest BCUT2D eigenvalue weighted by molar-refractivity contribution is -0.136. The normalized spacial score (nSPS) is 10.5. The minimum absolute atomic E-state index is 0.137. The van der Waals surface area contributed by atoms with E-state index in [0.717, 1.165) is 0 Å². The SMILES string of the molecule is COc1cc(CC(=O)O)n(C(C)C)c(=O)n1. The van der Waals surface area contributed by atoms with Crippen LogP contribution in [0.15, 0.2) is 10.9 Å². The molecular weight excluding hydrogens is 212 g/mol. The highest BCUT2D eigenvalue weighted by atomic mass is 16.5. The maximum Gasteiger partial charge on any atom is 0.351 e. The van der Waals surface area contributed by atoms with Crippen molar-refractivity contribution in [3.63, 3.8) is 0 Å². The van der Waals surface area contributed by atoms with Gasteiger partial charge in [0, 0.05) is 17.8 Å². The minimum atomic E-state index is -0.998. The summed E-state index contributed by atoms with van der Waals surface area (Å²) in [5.74, 6) is -0.861. The smallest absolute Gasteiger partial charge is 0.351 e. The van der Waals surface area contributed by atoms with Crippen molar-refractivity contribution < 1.29 is 14.6 Å². The molecule has 0 aliphatic rings. The largest absolute Gasteiger partial charge is 0.481 e. The summed E-state index contributed by atoms with van der Waals surface area (Å²) in [6.45, 7) is 3.59. The lowest BCUT2D eigenvalue weighted by Gasteiger charge is -2.14. The summed E-state index contributed by atoms with van der Waals surface area (Å²) in [7, 11) is 1.38. The van der Waals surface area contributed by atoms with Crippen LogP contribution in [-0.4, -0.2) is 27.7 Å². The third kappa shape index (κ3) is 2.59. The molecule has 1 rings (SSSR count). The van der Waals surface area contributed by atoms with Gasteiger partial charge >= 0.3 is 11.7 Å². The summed E-state index contributed by atoms with van der Waals surface area (Å²) in [5.41, 5.74) is -0.107. The quantitative estimate of drug-likeness (QED) is 0.806. The topological polar surface area (TPSA) is 81.4 Å². The Morgan fingerprint density at radius 3 is 2.69 bits per heavy atom. The van der Waals surface area contributed by atoms with Crippen molar-refractivity contribution in [1.82, 2.24) is 9.55 Å². The molecule has 88 valence electrons. The Bertz CT molecular complexity index is 451. The molecule has 0 bridgehead atoms. The Kier molecular flexibility index (Phi) is 3.65. The van der Waals surface area contributed by atoms with E-state index in [9.17, 15) is 9.59 Å². The first-order chi connectivity index (χ1) is 7.45. The van der Waals surface area contributed by atoms with Gasteiger partial charge in [0.05, 0.1) is 13.5 Å². The van der Waals surface area contributed by atoms with Gasteiger partial charge in [-0.1, -0.05) is 0 Å². The predicted octanol–water partition coefficient (Wildman–Crippen LogP) is 0.460. The van der Waals surface area contributed by atoms with Crippen LogP contribution in [0.3, 0.4) is 0 Å². The molecule has 6 heteroatoms. The standard InChI is InChI=1S/C10H14N2O4/c1-6(2)12-7(5-9(13)14)4-8(16-3)11-10(12)15/h4,6H,5H2,1-3H3,(H,13,14). The van der Waals surface area contributed by atoms with Crippen molar-refractivity contribution in [3.8, 4) is 5.88 Å². The van der Waals surface area contributed by atoms with Crippen molar-refractivity contribution in [3.05, 3.63) is 22.2 Å². The molecule has 0 saturated carbocycles. The second-order valence-corrected chi connectivity index (χ2v) is 3.61. The summed E-state index contributed by atoms with van der Waals surface area (Å²) >= 11 is 0. The first-order valence-electron chi connectivity index (χ1n) is 4.84. The second kappa shape index (κ2) is 4.78. The number of aromatic nitrogens is 2. The molecular formula is C10H14N2O4. The molecule has 0 amide bonds. The molecule has 1 heterocycles. The average molecular weight is 226 g/mol. The highest BCUT2D eigenvalue weighted by Gasteiger charge is 2.13. The molecule has 0 fully saturated rings. The van der Waals surface area contributed by atoms with E-state index in [1.807, 2.05) is 0 Å². The molecule has 0 saturated heterocycles. The molecule has 0 radical (unpaired) electrons. The number of ether oxygens (including phenoxy) is 1. The molecule has 1 aromatic heterocycles. The van der Waals surface area contributed by atoms with Crippen LogP contribution in [0.25, 0.3) is 0 Å². The van der Waals surface area contributed by atoms with Gasteiger partial charge in [0.1, 0.15) is 0 Å². The van der Waals surface area contributed by atoms with Gasteiger partial charge in [-0.3, -0.25) is 9.36 Å². The molecule has 0 aromatic carbocycles. The van der Waals surface area contributed by atoms with E-state index in [1.165, 1.54) is 17.7 Å². The minimum Gasteiger partial charge on any atom is -0.481 e. The monoisotopic (exact) mass is 226 g/mol. The molecule has 1 N–H and O–H groups in total. The van der Waals surface area contributed by atoms with E-state index in [0.29, 0.717) is 5.69 Å². The van der Waals surface area contributed by atoms with Crippen LogP contribution in [0.1, 0.15) is 25.6 Å². The maximum atomic E-state index is 11.6. The number of nitrogens with zero attached hydrogens (tertiary/aromatic N) is 2. The lowest BCUT2D eigenvalue weighted by Crippen LogP contribution is -2.29. The third-order valence-corrected chi connectivity index (χ3v) is 2.07. The number of carboxylic acid groups (broad SMARTS) is 1. The fourth-order valence-electron chi connectivity index (χ4n) is 1.46. The van der Waals surface area contributed by atoms with Crippen molar-refractivity contribution in [2.75, 3.05) is 7.11 Å². The maximum absolute atomic E-state index is 11.6. The van der Waals surface area contributed by atoms with Crippen LogP contribution < -0.4 is 10.4 Å². The second-order valence-electron chi connectivity index (χ2n) is 3.61. The van der Waals surface area contributed by atoms with Crippen molar-refractivity contribution >= 4 is 5.97 Å². The molecule has 0 atom stereocenters. The van der Waals surface area contributed by atoms with Gasteiger partial charge in [-0.25, -0.2) is 4.79 Å². The predicted molar refractivity (Wildman–Crippen MR) is 56.8 cm³/mol. The number of hydrogen-bond acceptors (Lipinski definition) is 4. The van der Waals surface area contributed by atoms with E-state index < -0.39 is 11.7 Å². The zero-order chi connectivity index (χ0) is 12.3. The molecule has 6 nitrogen and oxygen atoms in total. The van der Waals surface area contributed by atoms with Crippen LogP contribution in [0, 0.1) is 0 Å². The van der Waals surface area contributed by atoms with Crippen LogP contribution in [0.2, 0.25) is 0 Å². The van der Waals surface area contributed by atoms with Gasteiger partial charge in [0.25, 0.3) is 0 Å². The Hall–Kier alpha value is -1.85. The first kappa shape index (κ1) is 12.2. The van der Waals surface area contributed by atoms with Gasteiger partial charge < -0.3 is 9.84 Å². The molecule has 16 heavy (non-hydrogen) atoms. The number of carboxylic acids is 1. The number of hydrogen-bond donors (Lipinski definition) is 1. The van der Waals surface area contributed by atoms with Gasteiger partial charge in [-0.05, 0) is 13.8 Å². The Balaban J connectivity index is 3.34. The summed E-state index contributed by atoms with van der Waals surface area (Å²) in [5, 5.41) is 8.75. The summed E-state index contributed by atoms with van der Waals surface area (Å²) in [6.07, 6.45) is -0.230. The Labute approximate surface area is 92.5 Å². The van der Waals surface area contributed by atoms with E-state index in [-0.39, 0.29) is 18.3 Å². The lowest BCUT2D eigenvalue weighted by atomic mass is 10.2. The zero-order valence-corrected chi connectivity index (χ0v) is 9.43. The number of methoxy groups -OCH3 is 1. The average Bonchev–Trinajstić information content (AvgIpc) is 2.14. The third-order valence-electron chi connectivity index (χ3n) is 2.07. The number of rotatable bonds is 4. The zero-order valence-electron chi connectivity index (χ0n) is 9.43. The highest BCUT2D eigenvalue weighted by molar-refractivity contribution is 5.69. The van der Waals surface area contributed by atoms with E-state index in [2.05, 4.69) is 4.98 Å². The van der Waals surface area contributed by atoms with Crippen LogP contribution >= 0.6 is 0 Å². The first-order valence-corrected chi connectivity index (χ1v) is 4.84. The summed E-state index contributed by atoms with van der Waals surface area (Å²) < 4.78 is 6.18. The fraction of sp³-hybridized carbons (Fsp3) is 0.500. The van der Waals surface area contributed by atoms with Gasteiger partial charge in [-0.2, -0.15) is 4.98 Å². The number of carbonyl (C=O) groups is 1. The fourth-order valence-corrected chi connectivity index (χ4v) is 1.46. The molecule has 0 spiro atoms. The van der Waals surface area contributed by atoms with Gasteiger partial charge in [-0.15, -0.1) is 0 Å². The van der Waals surface area contributed by atoms with Gasteiger partial charge in [0.2, 0.25) is 5.88 Å². The van der Waals surface area contributed by atoms with Crippen molar-refractivity contribution in [2.45, 2.75) is 26.3 Å². The van der Waals surface area contributed by atoms with E-state index in [1.54, 1.807) is 13.8 Å². The molecule has 0 unspecified atom stereocenters. The van der Waals surface area contributed by atoms with Crippen LogP contribution in [0.4, 0.5) is 0 Å². The highest BCUT2D eigenvalue weighted by Crippen LogP contribution is 2.11. The van der Waals surface area contributed by atoms with E-state index >= 15 is 0 Å². The van der Waals surface area contributed by atoms with Crippen LogP contribution in [0.5, 0.6) is 5.88 Å². The molecule has 0 aliphatic carbocycles. The summed E-state index contributed by atoms with van der Waals surface area (Å²) in [6, 6.07) is 1.33. The molecule has 1 aromatic rings. The van der Waals surface area contributed by atoms with Crippen molar-refractivity contribution in [2.24, 2.45) is 0 Å². The number of aliphatic carboxylic acids is 1.